The lowest BCUT2D eigenvalue weighted by atomic mass is 10.1. The van der Waals surface area contributed by atoms with Gasteiger partial charge < -0.3 is 14.3 Å². The Balaban J connectivity index is 1.88. The topological polar surface area (TPSA) is 57.1 Å². The molecule has 0 spiro atoms. The van der Waals surface area contributed by atoms with E-state index in [2.05, 4.69) is 25.9 Å². The molecule has 0 atom stereocenters. The lowest BCUT2D eigenvalue weighted by molar-refractivity contribution is -0.136. The van der Waals surface area contributed by atoms with Gasteiger partial charge in [-0.25, -0.2) is 4.79 Å². The fraction of sp³-hybridized carbons (Fsp3) is 0.158. The zero-order valence-electron chi connectivity index (χ0n) is 14.1. The predicted octanol–water partition coefficient (Wildman–Crippen LogP) is 5.01. The van der Waals surface area contributed by atoms with Crippen molar-refractivity contribution in [1.82, 2.24) is 0 Å². The molecule has 1 heterocycles. The van der Waals surface area contributed by atoms with Gasteiger partial charge in [0, 0.05) is 10.6 Å². The van der Waals surface area contributed by atoms with Crippen LogP contribution in [0.3, 0.4) is 0 Å². The number of nitrogens with zero attached hydrogens (tertiary/aromatic N) is 1. The van der Waals surface area contributed by atoms with Crippen molar-refractivity contribution in [2.24, 2.45) is 5.16 Å². The number of rotatable bonds is 5. The smallest absolute Gasteiger partial charge is 0.367 e. The van der Waals surface area contributed by atoms with Gasteiger partial charge in [-0.3, -0.25) is 0 Å². The maximum atomic E-state index is 11.7. The summed E-state index contributed by atoms with van der Waals surface area (Å²) in [6.45, 7) is 2.01. The number of ether oxygens (including phenoxy) is 2. The summed E-state index contributed by atoms with van der Waals surface area (Å²) in [5.41, 5.74) is 2.56. The largest absolute Gasteiger partial charge is 0.493 e. The molecule has 0 aromatic heterocycles. The molecule has 0 fully saturated rings. The van der Waals surface area contributed by atoms with Gasteiger partial charge in [0.2, 0.25) is 0 Å². The molecule has 26 heavy (non-hydrogen) atoms. The number of benzene rings is 2. The second-order valence-electron chi connectivity index (χ2n) is 5.53. The van der Waals surface area contributed by atoms with Crippen molar-refractivity contribution in [2.45, 2.75) is 13.5 Å². The van der Waals surface area contributed by atoms with Crippen LogP contribution in [0.15, 0.2) is 51.6 Å². The molecule has 0 amide bonds. The second-order valence-corrected chi connectivity index (χ2v) is 6.79. The highest BCUT2D eigenvalue weighted by Gasteiger charge is 2.22. The molecule has 1 aliphatic rings. The fourth-order valence-corrected chi connectivity index (χ4v) is 3.18. The van der Waals surface area contributed by atoms with E-state index in [1.807, 2.05) is 30.3 Å². The first-order valence-corrected chi connectivity index (χ1v) is 8.88. The van der Waals surface area contributed by atoms with Crippen molar-refractivity contribution in [3.05, 3.63) is 62.6 Å². The number of halogens is 2. The number of hydrogen-bond donors (Lipinski definition) is 0. The Kier molecular flexibility index (Phi) is 5.64. The highest BCUT2D eigenvalue weighted by Crippen LogP contribution is 2.38. The van der Waals surface area contributed by atoms with Crippen LogP contribution >= 0.6 is 27.5 Å². The van der Waals surface area contributed by atoms with Crippen LogP contribution in [0.1, 0.15) is 18.1 Å². The van der Waals surface area contributed by atoms with Crippen molar-refractivity contribution in [3.8, 4) is 11.5 Å². The Morgan fingerprint density at radius 3 is 2.73 bits per heavy atom. The van der Waals surface area contributed by atoms with E-state index >= 15 is 0 Å². The minimum absolute atomic E-state index is 0.299. The summed E-state index contributed by atoms with van der Waals surface area (Å²) in [6.07, 6.45) is 1.69. The molecule has 0 aliphatic carbocycles. The van der Waals surface area contributed by atoms with Gasteiger partial charge >= 0.3 is 5.97 Å². The first-order valence-electron chi connectivity index (χ1n) is 7.71. The second kappa shape index (κ2) is 7.93. The van der Waals surface area contributed by atoms with Gasteiger partial charge in [0.25, 0.3) is 0 Å². The molecular weight excluding hydrogens is 422 g/mol. The third kappa shape index (κ3) is 3.92. The molecule has 1 aliphatic heterocycles. The van der Waals surface area contributed by atoms with Crippen molar-refractivity contribution in [3.63, 3.8) is 0 Å². The molecule has 134 valence electrons. The molecule has 0 radical (unpaired) electrons. The fourth-order valence-electron chi connectivity index (χ4n) is 2.41. The lowest BCUT2D eigenvalue weighted by Gasteiger charge is -2.14. The highest BCUT2D eigenvalue weighted by atomic mass is 79.9. The van der Waals surface area contributed by atoms with Crippen LogP contribution in [0.5, 0.6) is 11.5 Å². The number of oxime groups is 1. The zero-order valence-corrected chi connectivity index (χ0v) is 16.4. The monoisotopic (exact) mass is 435 g/mol. The number of carbonyl (C=O) groups is 1. The lowest BCUT2D eigenvalue weighted by Crippen LogP contribution is -2.02. The third-order valence-electron chi connectivity index (χ3n) is 3.77. The summed E-state index contributed by atoms with van der Waals surface area (Å²) >= 11 is 9.66. The number of carbonyl (C=O) groups excluding carboxylic acids is 1. The van der Waals surface area contributed by atoms with Crippen LogP contribution in [-0.2, 0) is 16.2 Å². The number of hydrogen-bond acceptors (Lipinski definition) is 5. The first kappa shape index (κ1) is 18.5. The summed E-state index contributed by atoms with van der Waals surface area (Å²) in [5.74, 6) is 0.602. The molecular formula is C19H15BrClNO4. The first-order chi connectivity index (χ1) is 12.5. The van der Waals surface area contributed by atoms with Gasteiger partial charge in [-0.2, -0.15) is 0 Å². The Bertz CT molecular complexity index is 924. The summed E-state index contributed by atoms with van der Waals surface area (Å²) < 4.78 is 12.0. The van der Waals surface area contributed by atoms with Crippen LogP contribution in [0.2, 0.25) is 5.02 Å². The van der Waals surface area contributed by atoms with Crippen molar-refractivity contribution in [1.29, 1.82) is 0 Å². The highest BCUT2D eigenvalue weighted by molar-refractivity contribution is 9.10. The quantitative estimate of drug-likeness (QED) is 0.488. The van der Waals surface area contributed by atoms with E-state index in [0.717, 1.165) is 11.1 Å². The third-order valence-corrected chi connectivity index (χ3v) is 4.73. The molecule has 0 bridgehead atoms. The van der Waals surface area contributed by atoms with Crippen molar-refractivity contribution < 1.29 is 19.1 Å². The van der Waals surface area contributed by atoms with Gasteiger partial charge in [0.1, 0.15) is 6.61 Å². The minimum atomic E-state index is -0.475. The summed E-state index contributed by atoms with van der Waals surface area (Å²) in [5, 5.41) is 4.30. The van der Waals surface area contributed by atoms with Crippen LogP contribution in [-0.4, -0.2) is 18.8 Å². The Morgan fingerprint density at radius 2 is 2.08 bits per heavy atom. The van der Waals surface area contributed by atoms with E-state index in [0.29, 0.717) is 38.9 Å². The minimum Gasteiger partial charge on any atom is -0.493 e. The van der Waals surface area contributed by atoms with Crippen LogP contribution in [0, 0.1) is 0 Å². The Morgan fingerprint density at radius 1 is 1.31 bits per heavy atom. The van der Waals surface area contributed by atoms with Crippen molar-refractivity contribution in [2.75, 3.05) is 7.11 Å². The predicted molar refractivity (Wildman–Crippen MR) is 104 cm³/mol. The average Bonchev–Trinajstić information content (AvgIpc) is 2.93. The summed E-state index contributed by atoms with van der Waals surface area (Å²) in [4.78, 5) is 16.4. The molecule has 0 unspecified atom stereocenters. The average molecular weight is 437 g/mol. The van der Waals surface area contributed by atoms with E-state index in [4.69, 9.17) is 21.1 Å². The van der Waals surface area contributed by atoms with E-state index in [-0.39, 0.29) is 0 Å². The van der Waals surface area contributed by atoms with E-state index in [9.17, 15) is 4.79 Å². The molecule has 0 saturated heterocycles. The summed E-state index contributed by atoms with van der Waals surface area (Å²) in [7, 11) is 1.55. The van der Waals surface area contributed by atoms with Gasteiger partial charge in [0.15, 0.2) is 11.5 Å². The molecule has 2 aromatic rings. The molecule has 5 nitrogen and oxygen atoms in total. The standard InChI is InChI=1S/C19H15BrClNO4/c1-11-14(19(23)26-22-11)7-12-8-15(20)18(17(9-12)24-2)25-10-13-5-3-4-6-16(13)21/h3-9H,10H2,1-2H3/b14-7-. The van der Waals surface area contributed by atoms with Gasteiger partial charge in [-0.15, -0.1) is 0 Å². The van der Waals surface area contributed by atoms with Gasteiger partial charge in [-0.1, -0.05) is 35.0 Å². The molecule has 2 aromatic carbocycles. The number of methoxy groups -OCH3 is 1. The van der Waals surface area contributed by atoms with E-state index in [1.165, 1.54) is 0 Å². The maximum Gasteiger partial charge on any atom is 0.367 e. The molecule has 0 N–H and O–H groups in total. The van der Waals surface area contributed by atoms with Crippen LogP contribution < -0.4 is 9.47 Å². The van der Waals surface area contributed by atoms with E-state index < -0.39 is 5.97 Å². The normalized spacial score (nSPS) is 15.0. The van der Waals surface area contributed by atoms with Gasteiger partial charge in [0.05, 0.1) is 22.9 Å². The molecule has 0 saturated carbocycles. The van der Waals surface area contributed by atoms with Crippen molar-refractivity contribution >= 4 is 45.3 Å². The van der Waals surface area contributed by atoms with E-state index in [1.54, 1.807) is 26.2 Å². The Hall–Kier alpha value is -2.31. The molecule has 3 rings (SSSR count). The SMILES string of the molecule is COc1cc(/C=C2\C(=O)ON=C2C)cc(Br)c1OCc1ccccc1Cl. The maximum absolute atomic E-state index is 11.7. The molecule has 7 heteroatoms. The zero-order chi connectivity index (χ0) is 18.7. The summed E-state index contributed by atoms with van der Waals surface area (Å²) in [6, 6.07) is 11.1. The van der Waals surface area contributed by atoms with Crippen LogP contribution in [0.4, 0.5) is 0 Å². The van der Waals surface area contributed by atoms with Crippen LogP contribution in [0.25, 0.3) is 6.08 Å². The Labute approximate surface area is 164 Å². The van der Waals surface area contributed by atoms with Gasteiger partial charge in [-0.05, 0) is 52.7 Å².